The normalized spacial score (nSPS) is 15.6. The third-order valence-corrected chi connectivity index (χ3v) is 4.86. The number of nitrogens with zero attached hydrogens (tertiary/aromatic N) is 3. The summed E-state index contributed by atoms with van der Waals surface area (Å²) in [6.07, 6.45) is 1.91. The Morgan fingerprint density at radius 3 is 2.28 bits per heavy atom. The van der Waals surface area contributed by atoms with Crippen molar-refractivity contribution in [2.24, 2.45) is 0 Å². The molecule has 0 radical (unpaired) electrons. The van der Waals surface area contributed by atoms with Crippen LogP contribution in [-0.4, -0.2) is 48.4 Å². The van der Waals surface area contributed by atoms with Crippen LogP contribution < -0.4 is 4.90 Å². The Bertz CT molecular complexity index is 699. The highest BCUT2D eigenvalue weighted by Gasteiger charge is 2.20. The van der Waals surface area contributed by atoms with Crippen molar-refractivity contribution < 1.29 is 4.79 Å². The number of hydrogen-bond acceptors (Lipinski definition) is 4. The van der Waals surface area contributed by atoms with Crippen LogP contribution in [0.3, 0.4) is 0 Å². The Morgan fingerprint density at radius 2 is 1.72 bits per heavy atom. The highest BCUT2D eigenvalue weighted by molar-refractivity contribution is 5.97. The smallest absolute Gasteiger partial charge is 0.176 e. The fourth-order valence-corrected chi connectivity index (χ4v) is 3.13. The molecule has 4 nitrogen and oxygen atoms in total. The summed E-state index contributed by atoms with van der Waals surface area (Å²) in [5.74, 6) is 1.73. The second-order valence-electron chi connectivity index (χ2n) is 7.16. The van der Waals surface area contributed by atoms with E-state index in [9.17, 15) is 4.79 Å². The topological polar surface area (TPSA) is 36.4 Å². The SMILES string of the molecule is Cc1ccc(N2CCN(CC(=O)c3ccc(C(C)C)cc3)CC2)nc1. The lowest BCUT2D eigenvalue weighted by Crippen LogP contribution is -2.48. The van der Waals surface area contributed by atoms with Gasteiger partial charge in [-0.2, -0.15) is 0 Å². The first-order valence-electron chi connectivity index (χ1n) is 9.06. The van der Waals surface area contributed by atoms with Crippen molar-refractivity contribution in [3.8, 4) is 0 Å². The summed E-state index contributed by atoms with van der Waals surface area (Å²) in [7, 11) is 0. The molecule has 0 aliphatic carbocycles. The van der Waals surface area contributed by atoms with Gasteiger partial charge in [-0.15, -0.1) is 0 Å². The number of benzene rings is 1. The molecule has 2 aromatic rings. The molecule has 0 atom stereocenters. The molecule has 25 heavy (non-hydrogen) atoms. The van der Waals surface area contributed by atoms with Gasteiger partial charge in [-0.3, -0.25) is 9.69 Å². The fraction of sp³-hybridized carbons (Fsp3) is 0.429. The third kappa shape index (κ3) is 4.45. The minimum absolute atomic E-state index is 0.206. The van der Waals surface area contributed by atoms with Crippen molar-refractivity contribution in [2.75, 3.05) is 37.6 Å². The first-order valence-corrected chi connectivity index (χ1v) is 9.06. The monoisotopic (exact) mass is 337 g/mol. The molecule has 1 aromatic carbocycles. The molecule has 1 aliphatic rings. The first-order chi connectivity index (χ1) is 12.0. The van der Waals surface area contributed by atoms with Gasteiger partial charge in [-0.1, -0.05) is 44.2 Å². The van der Waals surface area contributed by atoms with Gasteiger partial charge in [0.05, 0.1) is 6.54 Å². The van der Waals surface area contributed by atoms with Gasteiger partial charge >= 0.3 is 0 Å². The maximum absolute atomic E-state index is 12.5. The molecule has 1 fully saturated rings. The number of ketones is 1. The van der Waals surface area contributed by atoms with E-state index >= 15 is 0 Å². The average Bonchev–Trinajstić information content (AvgIpc) is 2.63. The number of pyridine rings is 1. The molecule has 0 spiro atoms. The summed E-state index contributed by atoms with van der Waals surface area (Å²) >= 11 is 0. The number of anilines is 1. The molecule has 0 N–H and O–H groups in total. The zero-order chi connectivity index (χ0) is 17.8. The number of Topliss-reactive ketones (excluding diaryl/α,β-unsaturated/α-hetero) is 1. The summed E-state index contributed by atoms with van der Waals surface area (Å²) < 4.78 is 0. The molecule has 1 saturated heterocycles. The van der Waals surface area contributed by atoms with Gasteiger partial charge in [0.25, 0.3) is 0 Å². The summed E-state index contributed by atoms with van der Waals surface area (Å²) in [5.41, 5.74) is 3.26. The zero-order valence-corrected chi connectivity index (χ0v) is 15.4. The van der Waals surface area contributed by atoms with E-state index in [1.807, 2.05) is 25.3 Å². The molecule has 2 heterocycles. The molecular weight excluding hydrogens is 310 g/mol. The third-order valence-electron chi connectivity index (χ3n) is 4.86. The van der Waals surface area contributed by atoms with Gasteiger partial charge in [-0.25, -0.2) is 4.98 Å². The van der Waals surface area contributed by atoms with Gasteiger partial charge < -0.3 is 4.90 Å². The summed E-state index contributed by atoms with van der Waals surface area (Å²) in [6.45, 7) is 10.5. The first kappa shape index (κ1) is 17.6. The Kier molecular flexibility index (Phi) is 5.49. The number of piperazine rings is 1. The van der Waals surface area contributed by atoms with Crippen molar-refractivity contribution in [1.82, 2.24) is 9.88 Å². The van der Waals surface area contributed by atoms with E-state index in [1.165, 1.54) is 11.1 Å². The van der Waals surface area contributed by atoms with Crippen LogP contribution in [0, 0.1) is 6.92 Å². The molecule has 3 rings (SSSR count). The van der Waals surface area contributed by atoms with Gasteiger partial charge in [0.15, 0.2) is 5.78 Å². The van der Waals surface area contributed by atoms with E-state index in [0.717, 1.165) is 37.6 Å². The summed E-state index contributed by atoms with van der Waals surface area (Å²) in [5, 5.41) is 0. The Hall–Kier alpha value is -2.20. The van der Waals surface area contributed by atoms with Crippen LogP contribution in [0.2, 0.25) is 0 Å². The molecule has 4 heteroatoms. The summed E-state index contributed by atoms with van der Waals surface area (Å²) in [4.78, 5) is 21.5. The van der Waals surface area contributed by atoms with Crippen molar-refractivity contribution in [3.05, 3.63) is 59.3 Å². The standard InChI is InChI=1S/C21H27N3O/c1-16(2)18-5-7-19(8-6-18)20(25)15-23-10-12-24(13-11-23)21-9-4-17(3)14-22-21/h4-9,14,16H,10-13,15H2,1-3H3. The minimum atomic E-state index is 0.206. The van der Waals surface area contributed by atoms with Gasteiger partial charge in [-0.05, 0) is 30.0 Å². The van der Waals surface area contributed by atoms with Crippen LogP contribution in [0.25, 0.3) is 0 Å². The van der Waals surface area contributed by atoms with Crippen molar-refractivity contribution in [2.45, 2.75) is 26.7 Å². The Morgan fingerprint density at radius 1 is 1.04 bits per heavy atom. The molecule has 0 saturated carbocycles. The quantitative estimate of drug-likeness (QED) is 0.782. The number of aromatic nitrogens is 1. The lowest BCUT2D eigenvalue weighted by atomic mass is 10.0. The van der Waals surface area contributed by atoms with Gasteiger partial charge in [0.1, 0.15) is 5.82 Å². The number of rotatable bonds is 5. The zero-order valence-electron chi connectivity index (χ0n) is 15.4. The second kappa shape index (κ2) is 7.79. The highest BCUT2D eigenvalue weighted by atomic mass is 16.1. The van der Waals surface area contributed by atoms with Crippen LogP contribution in [0.1, 0.15) is 41.3 Å². The lowest BCUT2D eigenvalue weighted by molar-refractivity contribution is 0.0926. The molecule has 0 amide bonds. The van der Waals surface area contributed by atoms with Crippen LogP contribution in [0.4, 0.5) is 5.82 Å². The van der Waals surface area contributed by atoms with Crippen LogP contribution in [0.5, 0.6) is 0 Å². The minimum Gasteiger partial charge on any atom is -0.354 e. The van der Waals surface area contributed by atoms with Crippen LogP contribution in [0.15, 0.2) is 42.6 Å². The largest absolute Gasteiger partial charge is 0.354 e. The Labute approximate surface area is 150 Å². The van der Waals surface area contributed by atoms with E-state index < -0.39 is 0 Å². The molecule has 0 unspecified atom stereocenters. The molecule has 0 bridgehead atoms. The van der Waals surface area contributed by atoms with Crippen LogP contribution in [-0.2, 0) is 0 Å². The lowest BCUT2D eigenvalue weighted by Gasteiger charge is -2.35. The van der Waals surface area contributed by atoms with Crippen molar-refractivity contribution in [1.29, 1.82) is 0 Å². The maximum Gasteiger partial charge on any atom is 0.176 e. The van der Waals surface area contributed by atoms with Gasteiger partial charge in [0.2, 0.25) is 0 Å². The predicted octanol–water partition coefficient (Wildman–Crippen LogP) is 3.52. The number of hydrogen-bond donors (Lipinski definition) is 0. The molecule has 132 valence electrons. The average molecular weight is 337 g/mol. The van der Waals surface area contributed by atoms with Gasteiger partial charge in [0, 0.05) is 37.9 Å². The molecular formula is C21H27N3O. The molecule has 1 aromatic heterocycles. The highest BCUT2D eigenvalue weighted by Crippen LogP contribution is 2.16. The van der Waals surface area contributed by atoms with E-state index in [1.54, 1.807) is 0 Å². The number of carbonyl (C=O) groups is 1. The van der Waals surface area contributed by atoms with E-state index in [-0.39, 0.29) is 5.78 Å². The van der Waals surface area contributed by atoms with Crippen molar-refractivity contribution >= 4 is 11.6 Å². The van der Waals surface area contributed by atoms with Crippen molar-refractivity contribution in [3.63, 3.8) is 0 Å². The van der Waals surface area contributed by atoms with E-state index in [0.29, 0.717) is 12.5 Å². The number of aryl methyl sites for hydroxylation is 1. The Balaban J connectivity index is 1.53. The maximum atomic E-state index is 12.5. The van der Waals surface area contributed by atoms with E-state index in [2.05, 4.69) is 52.9 Å². The number of carbonyl (C=O) groups excluding carboxylic acids is 1. The van der Waals surface area contributed by atoms with E-state index in [4.69, 9.17) is 0 Å². The predicted molar refractivity (Wildman–Crippen MR) is 102 cm³/mol. The molecule has 1 aliphatic heterocycles. The fourth-order valence-electron chi connectivity index (χ4n) is 3.13. The second-order valence-corrected chi connectivity index (χ2v) is 7.16. The summed E-state index contributed by atoms with van der Waals surface area (Å²) in [6, 6.07) is 12.2. The van der Waals surface area contributed by atoms with Crippen LogP contribution >= 0.6 is 0 Å².